The van der Waals surface area contributed by atoms with E-state index in [1.54, 1.807) is 0 Å². The Bertz CT molecular complexity index is 532. The van der Waals surface area contributed by atoms with E-state index in [1.807, 2.05) is 0 Å². The quantitative estimate of drug-likeness (QED) is 0.701. The summed E-state index contributed by atoms with van der Waals surface area (Å²) in [5, 5.41) is 0. The van der Waals surface area contributed by atoms with Crippen LogP contribution in [0.2, 0.25) is 0 Å². The second kappa shape index (κ2) is 3.80. The molecule has 1 aromatic carbocycles. The van der Waals surface area contributed by atoms with Gasteiger partial charge in [0.1, 0.15) is 0 Å². The van der Waals surface area contributed by atoms with Gasteiger partial charge in [-0.25, -0.2) is 0 Å². The maximum absolute atomic E-state index is 2.73. The van der Waals surface area contributed by atoms with Crippen molar-refractivity contribution < 1.29 is 17.4 Å². The Hall–Kier alpha value is -0.976. The topological polar surface area (TPSA) is 0 Å². The van der Waals surface area contributed by atoms with Crippen LogP contribution in [0.1, 0.15) is 30.4 Å². The summed E-state index contributed by atoms with van der Waals surface area (Å²) in [6, 6.07) is 8.73. The van der Waals surface area contributed by atoms with Gasteiger partial charge < -0.3 is 0 Å². The number of allylic oxidation sites excluding steroid dienone is 5. The Labute approximate surface area is 106 Å². The molecule has 0 nitrogen and oxygen atoms in total. The summed E-state index contributed by atoms with van der Waals surface area (Å²) in [6.45, 7) is 2.24. The third-order valence-electron chi connectivity index (χ3n) is 3.40. The van der Waals surface area contributed by atoms with Crippen molar-refractivity contribution in [2.45, 2.75) is 19.3 Å². The first-order valence-electron chi connectivity index (χ1n) is 5.63. The molecule has 0 saturated carbocycles. The van der Waals surface area contributed by atoms with Crippen molar-refractivity contribution in [2.24, 2.45) is 0 Å². The zero-order valence-electron chi connectivity index (χ0n) is 9.27. The van der Waals surface area contributed by atoms with E-state index >= 15 is 0 Å². The monoisotopic (exact) mass is 244 g/mol. The van der Waals surface area contributed by atoms with Gasteiger partial charge in [0.15, 0.2) is 0 Å². The van der Waals surface area contributed by atoms with E-state index in [1.165, 1.54) is 26.6 Å². The van der Waals surface area contributed by atoms with Gasteiger partial charge in [0.25, 0.3) is 0 Å². The van der Waals surface area contributed by atoms with Crippen LogP contribution in [0.3, 0.4) is 0 Å². The van der Waals surface area contributed by atoms with Gasteiger partial charge in [-0.2, -0.15) is 0 Å². The predicted octanol–water partition coefficient (Wildman–Crippen LogP) is 3.95. The molecule has 0 fully saturated rings. The molecule has 0 N–H and O–H groups in total. The van der Waals surface area contributed by atoms with E-state index in [4.69, 9.17) is 0 Å². The maximum atomic E-state index is 2.73. The van der Waals surface area contributed by atoms with Crippen molar-refractivity contribution in [2.75, 3.05) is 0 Å². The molecule has 0 saturated heterocycles. The van der Waals surface area contributed by atoms with Crippen LogP contribution in [-0.4, -0.2) is 0 Å². The molecule has 78 valence electrons. The van der Waals surface area contributed by atoms with E-state index in [0.717, 1.165) is 6.42 Å². The Morgan fingerprint density at radius 3 is 2.81 bits per heavy atom. The Balaban J connectivity index is 2.14. The van der Waals surface area contributed by atoms with Crippen LogP contribution in [0, 0.1) is 0 Å². The van der Waals surface area contributed by atoms with E-state index in [-0.39, 0.29) is 0 Å². The third-order valence-corrected chi connectivity index (χ3v) is 4.09. The molecule has 0 aliphatic heterocycles. The minimum atomic E-state index is 0.494. The third kappa shape index (κ3) is 1.45. The molecule has 1 aromatic rings. The Kier molecular flexibility index (Phi) is 2.42. The van der Waals surface area contributed by atoms with Crippen molar-refractivity contribution in [3.05, 3.63) is 63.0 Å². The summed E-state index contributed by atoms with van der Waals surface area (Å²) in [7, 11) is 0. The van der Waals surface area contributed by atoms with Crippen LogP contribution < -0.4 is 0 Å². The molecule has 0 amide bonds. The Morgan fingerprint density at radius 1 is 1.25 bits per heavy atom. The molecule has 0 heterocycles. The van der Waals surface area contributed by atoms with Gasteiger partial charge in [-0.3, -0.25) is 0 Å². The van der Waals surface area contributed by atoms with E-state index < -0.39 is 0 Å². The average Bonchev–Trinajstić information content (AvgIpc) is 2.81. The van der Waals surface area contributed by atoms with Gasteiger partial charge in [-0.1, -0.05) is 0 Å². The molecular formula is C15H13V. The van der Waals surface area contributed by atoms with Crippen LogP contribution >= 0.6 is 0 Å². The summed E-state index contributed by atoms with van der Waals surface area (Å²) in [5.41, 5.74) is 5.80. The van der Waals surface area contributed by atoms with Crippen molar-refractivity contribution in [1.29, 1.82) is 0 Å². The fourth-order valence-electron chi connectivity index (χ4n) is 2.67. The van der Waals surface area contributed by atoms with Crippen molar-refractivity contribution in [3.8, 4) is 0 Å². The molecule has 1 heteroatoms. The molecular weight excluding hydrogens is 231 g/mol. The van der Waals surface area contributed by atoms with Crippen LogP contribution in [0.15, 0.2) is 51.8 Å². The number of rotatable bonds is 1. The van der Waals surface area contributed by atoms with E-state index in [2.05, 4.69) is 66.8 Å². The number of benzene rings is 1. The van der Waals surface area contributed by atoms with Crippen LogP contribution in [-0.2, 0) is 17.4 Å². The molecule has 0 bridgehead atoms. The SMILES string of the molecule is CC1=Cc2ccccc2C1C1=[C]([V])CC=C1. The molecule has 2 aliphatic carbocycles. The predicted molar refractivity (Wildman–Crippen MR) is 63.6 cm³/mol. The van der Waals surface area contributed by atoms with Crippen LogP contribution in [0.4, 0.5) is 0 Å². The van der Waals surface area contributed by atoms with Crippen LogP contribution in [0.5, 0.6) is 0 Å². The summed E-state index contributed by atoms with van der Waals surface area (Å²) in [5.74, 6) is 0.494. The van der Waals surface area contributed by atoms with Gasteiger partial charge in [0.2, 0.25) is 0 Å². The molecule has 3 rings (SSSR count). The van der Waals surface area contributed by atoms with Gasteiger partial charge >= 0.3 is 106 Å². The molecule has 0 spiro atoms. The standard InChI is InChI=1S/C15H13.V/c1-11-10-13-8-4-5-9-14(13)15(11)12-6-2-3-7-12;/h2,4-6,8-10,15H,3H2,1H3;. The average molecular weight is 244 g/mol. The van der Waals surface area contributed by atoms with Gasteiger partial charge in [-0.05, 0) is 0 Å². The van der Waals surface area contributed by atoms with Gasteiger partial charge in [0, 0.05) is 0 Å². The zero-order chi connectivity index (χ0) is 11.1. The first-order valence-corrected chi connectivity index (χ1v) is 6.33. The number of hydrogen-bond donors (Lipinski definition) is 0. The molecule has 16 heavy (non-hydrogen) atoms. The molecule has 2 aliphatic rings. The summed E-state index contributed by atoms with van der Waals surface area (Å²) in [4.78, 5) is 0. The Morgan fingerprint density at radius 2 is 2.06 bits per heavy atom. The van der Waals surface area contributed by atoms with Gasteiger partial charge in [0.05, 0.1) is 0 Å². The van der Waals surface area contributed by atoms with Crippen LogP contribution in [0.25, 0.3) is 6.08 Å². The first kappa shape index (κ1) is 10.2. The van der Waals surface area contributed by atoms with E-state index in [0.29, 0.717) is 5.92 Å². The minimum absolute atomic E-state index is 0.494. The molecule has 0 aromatic heterocycles. The number of hydrogen-bond acceptors (Lipinski definition) is 0. The molecule has 1 unspecified atom stereocenters. The fourth-order valence-corrected chi connectivity index (χ4v) is 3.15. The zero-order valence-corrected chi connectivity index (χ0v) is 10.7. The van der Waals surface area contributed by atoms with Crippen molar-refractivity contribution in [3.63, 3.8) is 0 Å². The summed E-state index contributed by atoms with van der Waals surface area (Å²) >= 11 is 2.73. The molecule has 1 atom stereocenters. The first-order chi connectivity index (χ1) is 7.77. The van der Waals surface area contributed by atoms with Gasteiger partial charge in [-0.15, -0.1) is 0 Å². The second-order valence-corrected chi connectivity index (χ2v) is 5.30. The summed E-state index contributed by atoms with van der Waals surface area (Å²) in [6.07, 6.45) is 7.97. The number of fused-ring (bicyclic) bond motifs is 1. The van der Waals surface area contributed by atoms with Crippen molar-refractivity contribution >= 4 is 6.08 Å². The second-order valence-electron chi connectivity index (χ2n) is 4.46. The van der Waals surface area contributed by atoms with Crippen molar-refractivity contribution in [1.82, 2.24) is 0 Å². The molecule has 0 radical (unpaired) electrons. The fraction of sp³-hybridized carbons (Fsp3) is 0.200. The summed E-state index contributed by atoms with van der Waals surface area (Å²) < 4.78 is 1.46. The normalized spacial score (nSPS) is 22.6. The van der Waals surface area contributed by atoms with E-state index in [9.17, 15) is 0 Å².